The Morgan fingerprint density at radius 1 is 1.26 bits per heavy atom. The summed E-state index contributed by atoms with van der Waals surface area (Å²) in [4.78, 5) is 27.2. The molecule has 6 nitrogen and oxygen atoms in total. The molecule has 0 radical (unpaired) electrons. The zero-order chi connectivity index (χ0) is 16.8. The maximum atomic E-state index is 12.2. The highest BCUT2D eigenvalue weighted by Gasteiger charge is 2.13. The van der Waals surface area contributed by atoms with Gasteiger partial charge in [0.25, 0.3) is 18.2 Å². The van der Waals surface area contributed by atoms with E-state index in [0.717, 1.165) is 0 Å². The number of hydrogen-bond donors (Lipinski definition) is 2. The number of nitrogens with two attached hydrogens (primary N) is 1. The first kappa shape index (κ1) is 16.3. The highest BCUT2D eigenvalue weighted by molar-refractivity contribution is 6.08. The first-order valence-electron chi connectivity index (χ1n) is 6.54. The van der Waals surface area contributed by atoms with Gasteiger partial charge in [0.2, 0.25) is 5.88 Å². The van der Waals surface area contributed by atoms with Gasteiger partial charge in [0, 0.05) is 17.8 Å². The molecule has 0 spiro atoms. The molecular formula is C15H13F2N3O3. The molecule has 8 heteroatoms. The van der Waals surface area contributed by atoms with Crippen molar-refractivity contribution in [2.75, 3.05) is 11.9 Å². The lowest BCUT2D eigenvalue weighted by Crippen LogP contribution is -2.18. The molecule has 0 saturated heterocycles. The lowest BCUT2D eigenvalue weighted by atomic mass is 10.1. The minimum absolute atomic E-state index is 0.0962. The molecule has 2 rings (SSSR count). The predicted molar refractivity (Wildman–Crippen MR) is 78.6 cm³/mol. The van der Waals surface area contributed by atoms with Gasteiger partial charge in [-0.3, -0.25) is 9.59 Å². The first-order valence-corrected chi connectivity index (χ1v) is 6.54. The van der Waals surface area contributed by atoms with Crippen molar-refractivity contribution in [3.63, 3.8) is 0 Å². The quantitative estimate of drug-likeness (QED) is 0.851. The number of primary amides is 1. The van der Waals surface area contributed by atoms with Crippen LogP contribution >= 0.6 is 0 Å². The Labute approximate surface area is 130 Å². The number of benzene rings is 1. The van der Waals surface area contributed by atoms with E-state index < -0.39 is 24.8 Å². The molecule has 0 bridgehead atoms. The number of nitrogens with zero attached hydrogens (tertiary/aromatic N) is 1. The van der Waals surface area contributed by atoms with Crippen LogP contribution in [0.1, 0.15) is 20.7 Å². The van der Waals surface area contributed by atoms with Crippen molar-refractivity contribution in [3.8, 4) is 5.88 Å². The SMILES string of the molecule is NC(=O)c1ccccc1NC(=O)c1ccnc(OCC(F)F)c1. The maximum absolute atomic E-state index is 12.2. The minimum atomic E-state index is -2.64. The van der Waals surface area contributed by atoms with Gasteiger partial charge in [0.15, 0.2) is 6.61 Å². The van der Waals surface area contributed by atoms with Crippen LogP contribution in [-0.2, 0) is 0 Å². The molecule has 3 N–H and O–H groups in total. The van der Waals surface area contributed by atoms with Gasteiger partial charge >= 0.3 is 0 Å². The number of carbonyl (C=O) groups is 2. The summed E-state index contributed by atoms with van der Waals surface area (Å²) in [5.41, 5.74) is 5.78. The average molecular weight is 321 g/mol. The summed E-state index contributed by atoms with van der Waals surface area (Å²) in [6.07, 6.45) is -1.38. The third-order valence-electron chi connectivity index (χ3n) is 2.79. The molecule has 0 fully saturated rings. The standard InChI is InChI=1S/C15H13F2N3O3/c16-12(17)8-23-13-7-9(5-6-19-13)15(22)20-11-4-2-1-3-10(11)14(18)21/h1-7,12H,8H2,(H2,18,21)(H,20,22). The number of alkyl halides is 2. The largest absolute Gasteiger partial charge is 0.472 e. The van der Waals surface area contributed by atoms with Gasteiger partial charge in [-0.05, 0) is 18.2 Å². The normalized spacial score (nSPS) is 10.4. The number of anilines is 1. The Morgan fingerprint density at radius 2 is 2.00 bits per heavy atom. The van der Waals surface area contributed by atoms with E-state index in [9.17, 15) is 18.4 Å². The number of amides is 2. The molecule has 2 amide bonds. The molecule has 0 unspecified atom stereocenters. The zero-order valence-electron chi connectivity index (χ0n) is 11.8. The van der Waals surface area contributed by atoms with Crippen molar-refractivity contribution in [2.24, 2.45) is 5.73 Å². The van der Waals surface area contributed by atoms with Gasteiger partial charge in [0.1, 0.15) is 0 Å². The van der Waals surface area contributed by atoms with Crippen molar-refractivity contribution in [1.82, 2.24) is 4.98 Å². The fourth-order valence-corrected chi connectivity index (χ4v) is 1.78. The monoisotopic (exact) mass is 321 g/mol. The molecule has 0 aliphatic heterocycles. The van der Waals surface area contributed by atoms with Crippen LogP contribution in [0.25, 0.3) is 0 Å². The lowest BCUT2D eigenvalue weighted by molar-refractivity contribution is 0.0795. The van der Waals surface area contributed by atoms with Gasteiger partial charge in [-0.25, -0.2) is 13.8 Å². The maximum Gasteiger partial charge on any atom is 0.272 e. The van der Waals surface area contributed by atoms with E-state index >= 15 is 0 Å². The summed E-state index contributed by atoms with van der Waals surface area (Å²) in [5.74, 6) is -1.33. The molecule has 2 aromatic rings. The van der Waals surface area contributed by atoms with Crippen LogP contribution in [0.3, 0.4) is 0 Å². The number of nitrogens with one attached hydrogen (secondary N) is 1. The van der Waals surface area contributed by atoms with E-state index in [0.29, 0.717) is 0 Å². The molecule has 0 aliphatic carbocycles. The van der Waals surface area contributed by atoms with Crippen molar-refractivity contribution in [1.29, 1.82) is 0 Å². The highest BCUT2D eigenvalue weighted by atomic mass is 19.3. The third kappa shape index (κ3) is 4.47. The van der Waals surface area contributed by atoms with Crippen molar-refractivity contribution < 1.29 is 23.1 Å². The van der Waals surface area contributed by atoms with Crippen LogP contribution in [0.4, 0.5) is 14.5 Å². The number of carbonyl (C=O) groups excluding carboxylic acids is 2. The molecule has 23 heavy (non-hydrogen) atoms. The number of hydrogen-bond acceptors (Lipinski definition) is 4. The highest BCUT2D eigenvalue weighted by Crippen LogP contribution is 2.17. The fraction of sp³-hybridized carbons (Fsp3) is 0.133. The number of aromatic nitrogens is 1. The second-order valence-corrected chi connectivity index (χ2v) is 4.45. The lowest BCUT2D eigenvalue weighted by Gasteiger charge is -2.10. The van der Waals surface area contributed by atoms with E-state index in [1.807, 2.05) is 0 Å². The van der Waals surface area contributed by atoms with Crippen molar-refractivity contribution >= 4 is 17.5 Å². The number of pyridine rings is 1. The number of ether oxygens (including phenoxy) is 1. The average Bonchev–Trinajstić information content (AvgIpc) is 2.53. The van der Waals surface area contributed by atoms with Gasteiger partial charge in [-0.2, -0.15) is 0 Å². The fourth-order valence-electron chi connectivity index (χ4n) is 1.78. The van der Waals surface area contributed by atoms with E-state index in [1.165, 1.54) is 30.5 Å². The van der Waals surface area contributed by atoms with Crippen molar-refractivity contribution in [2.45, 2.75) is 6.43 Å². The Hall–Kier alpha value is -3.03. The van der Waals surface area contributed by atoms with E-state index in [4.69, 9.17) is 10.5 Å². The molecular weight excluding hydrogens is 308 g/mol. The predicted octanol–water partition coefficient (Wildman–Crippen LogP) is 2.08. The molecule has 120 valence electrons. The second-order valence-electron chi connectivity index (χ2n) is 4.45. The third-order valence-corrected chi connectivity index (χ3v) is 2.79. The Bertz CT molecular complexity index is 723. The molecule has 0 atom stereocenters. The molecule has 1 heterocycles. The van der Waals surface area contributed by atoms with Crippen LogP contribution in [0, 0.1) is 0 Å². The Kier molecular flexibility index (Phi) is 5.19. The van der Waals surface area contributed by atoms with Gasteiger partial charge in [-0.1, -0.05) is 12.1 Å². The molecule has 1 aromatic heterocycles. The summed E-state index contributed by atoms with van der Waals surface area (Å²) in [7, 11) is 0. The van der Waals surface area contributed by atoms with E-state index in [2.05, 4.69) is 10.3 Å². The first-order chi connectivity index (χ1) is 11.0. The van der Waals surface area contributed by atoms with Gasteiger partial charge < -0.3 is 15.8 Å². The molecule has 0 aliphatic rings. The summed E-state index contributed by atoms with van der Waals surface area (Å²) < 4.78 is 29.0. The summed E-state index contributed by atoms with van der Waals surface area (Å²) in [6.45, 7) is -0.817. The Balaban J connectivity index is 2.15. The smallest absolute Gasteiger partial charge is 0.272 e. The van der Waals surface area contributed by atoms with Crippen LogP contribution in [-0.4, -0.2) is 29.8 Å². The van der Waals surface area contributed by atoms with E-state index in [1.54, 1.807) is 12.1 Å². The number of rotatable bonds is 6. The van der Waals surface area contributed by atoms with Gasteiger partial charge in [-0.15, -0.1) is 0 Å². The van der Waals surface area contributed by atoms with Gasteiger partial charge in [0.05, 0.1) is 11.3 Å². The van der Waals surface area contributed by atoms with Crippen LogP contribution in [0.15, 0.2) is 42.6 Å². The van der Waals surface area contributed by atoms with Crippen molar-refractivity contribution in [3.05, 3.63) is 53.7 Å². The van der Waals surface area contributed by atoms with E-state index in [-0.39, 0.29) is 22.7 Å². The molecule has 1 aromatic carbocycles. The number of halogens is 2. The summed E-state index contributed by atoms with van der Waals surface area (Å²) in [6, 6.07) is 8.85. The summed E-state index contributed by atoms with van der Waals surface area (Å²) >= 11 is 0. The van der Waals surface area contributed by atoms with Crippen LogP contribution in [0.5, 0.6) is 5.88 Å². The number of para-hydroxylation sites is 1. The second kappa shape index (κ2) is 7.30. The minimum Gasteiger partial charge on any atom is -0.472 e. The zero-order valence-corrected chi connectivity index (χ0v) is 11.8. The Morgan fingerprint density at radius 3 is 2.70 bits per heavy atom. The van der Waals surface area contributed by atoms with Crippen LogP contribution in [0.2, 0.25) is 0 Å². The van der Waals surface area contributed by atoms with Crippen LogP contribution < -0.4 is 15.8 Å². The summed E-state index contributed by atoms with van der Waals surface area (Å²) in [5, 5.41) is 2.53. The topological polar surface area (TPSA) is 94.3 Å². The molecule has 0 saturated carbocycles.